The Bertz CT molecular complexity index is 398. The van der Waals surface area contributed by atoms with E-state index in [1.54, 1.807) is 6.20 Å². The first kappa shape index (κ1) is 14.1. The van der Waals surface area contributed by atoms with Crippen LogP contribution in [-0.2, 0) is 4.74 Å². The van der Waals surface area contributed by atoms with E-state index >= 15 is 0 Å². The molecule has 0 aromatic carbocycles. The molecule has 1 aliphatic rings. The van der Waals surface area contributed by atoms with Gasteiger partial charge in [-0.2, -0.15) is 0 Å². The van der Waals surface area contributed by atoms with E-state index in [4.69, 9.17) is 14.2 Å². The van der Waals surface area contributed by atoms with Crippen molar-refractivity contribution in [2.45, 2.75) is 39.1 Å². The molecule has 1 fully saturated rings. The Morgan fingerprint density at radius 3 is 3.05 bits per heavy atom. The standard InChI is InChI=1S/C14H22N2O3/c1-10(2)18-13-5-4-6-16-14(13)17-9-12-8-15-7-11(3)19-12/h4-6,10-12,15H,7-9H2,1-3H3. The quantitative estimate of drug-likeness (QED) is 0.877. The second kappa shape index (κ2) is 6.73. The predicted octanol–water partition coefficient (Wildman–Crippen LogP) is 1.62. The van der Waals surface area contributed by atoms with E-state index in [1.807, 2.05) is 32.9 Å². The van der Waals surface area contributed by atoms with Gasteiger partial charge in [-0.3, -0.25) is 0 Å². The van der Waals surface area contributed by atoms with Crippen LogP contribution >= 0.6 is 0 Å². The molecule has 2 heterocycles. The van der Waals surface area contributed by atoms with Crippen LogP contribution in [0, 0.1) is 0 Å². The fourth-order valence-electron chi connectivity index (χ4n) is 1.97. The summed E-state index contributed by atoms with van der Waals surface area (Å²) in [5.74, 6) is 1.20. The summed E-state index contributed by atoms with van der Waals surface area (Å²) >= 11 is 0. The minimum absolute atomic E-state index is 0.0534. The summed E-state index contributed by atoms with van der Waals surface area (Å²) in [5, 5.41) is 3.31. The summed E-state index contributed by atoms with van der Waals surface area (Å²) in [6.07, 6.45) is 2.07. The first-order chi connectivity index (χ1) is 9.15. The number of nitrogens with one attached hydrogen (secondary N) is 1. The van der Waals surface area contributed by atoms with Crippen molar-refractivity contribution in [1.29, 1.82) is 0 Å². The predicted molar refractivity (Wildman–Crippen MR) is 72.7 cm³/mol. The Kier molecular flexibility index (Phi) is 4.99. The zero-order chi connectivity index (χ0) is 13.7. The summed E-state index contributed by atoms with van der Waals surface area (Å²) in [7, 11) is 0. The van der Waals surface area contributed by atoms with E-state index in [1.165, 1.54) is 0 Å². The molecule has 5 nitrogen and oxygen atoms in total. The Morgan fingerprint density at radius 2 is 2.32 bits per heavy atom. The average Bonchev–Trinajstić information content (AvgIpc) is 2.37. The Morgan fingerprint density at radius 1 is 1.47 bits per heavy atom. The third-order valence-corrected chi connectivity index (χ3v) is 2.73. The van der Waals surface area contributed by atoms with Crippen LogP contribution in [0.3, 0.4) is 0 Å². The van der Waals surface area contributed by atoms with E-state index in [9.17, 15) is 0 Å². The molecule has 1 aromatic heterocycles. The topological polar surface area (TPSA) is 52.6 Å². The molecule has 1 N–H and O–H groups in total. The van der Waals surface area contributed by atoms with E-state index in [2.05, 4.69) is 10.3 Å². The van der Waals surface area contributed by atoms with Crippen molar-refractivity contribution in [3.63, 3.8) is 0 Å². The highest BCUT2D eigenvalue weighted by Crippen LogP contribution is 2.24. The lowest BCUT2D eigenvalue weighted by Gasteiger charge is -2.28. The lowest BCUT2D eigenvalue weighted by molar-refractivity contribution is -0.0480. The molecular weight excluding hydrogens is 244 g/mol. The van der Waals surface area contributed by atoms with Crippen molar-refractivity contribution in [1.82, 2.24) is 10.3 Å². The summed E-state index contributed by atoms with van der Waals surface area (Å²) in [6.45, 7) is 8.18. The van der Waals surface area contributed by atoms with Gasteiger partial charge in [0.2, 0.25) is 0 Å². The van der Waals surface area contributed by atoms with Crippen LogP contribution in [0.5, 0.6) is 11.6 Å². The molecule has 2 atom stereocenters. The molecule has 2 rings (SSSR count). The molecule has 0 radical (unpaired) electrons. The van der Waals surface area contributed by atoms with Crippen molar-refractivity contribution in [2.75, 3.05) is 19.7 Å². The molecule has 0 amide bonds. The molecule has 106 valence electrons. The number of ether oxygens (including phenoxy) is 3. The van der Waals surface area contributed by atoms with Crippen molar-refractivity contribution in [3.05, 3.63) is 18.3 Å². The van der Waals surface area contributed by atoms with Crippen molar-refractivity contribution in [2.24, 2.45) is 0 Å². The van der Waals surface area contributed by atoms with Gasteiger partial charge >= 0.3 is 0 Å². The van der Waals surface area contributed by atoms with Crippen LogP contribution in [0.15, 0.2) is 18.3 Å². The van der Waals surface area contributed by atoms with Crippen LogP contribution in [-0.4, -0.2) is 43.0 Å². The zero-order valence-electron chi connectivity index (χ0n) is 11.8. The smallest absolute Gasteiger partial charge is 0.257 e. The first-order valence-corrected chi connectivity index (χ1v) is 6.76. The van der Waals surface area contributed by atoms with Crippen LogP contribution in [0.2, 0.25) is 0 Å². The van der Waals surface area contributed by atoms with Gasteiger partial charge in [0.05, 0.1) is 12.2 Å². The Hall–Kier alpha value is -1.33. The van der Waals surface area contributed by atoms with Crippen LogP contribution in [0.25, 0.3) is 0 Å². The van der Waals surface area contributed by atoms with E-state index in [-0.39, 0.29) is 18.3 Å². The third kappa shape index (κ3) is 4.36. The van der Waals surface area contributed by atoms with Crippen molar-refractivity contribution >= 4 is 0 Å². The number of pyridine rings is 1. The summed E-state index contributed by atoms with van der Waals surface area (Å²) in [5.41, 5.74) is 0. The molecule has 0 aliphatic carbocycles. The maximum absolute atomic E-state index is 5.77. The maximum atomic E-state index is 5.77. The normalized spacial score (nSPS) is 23.4. The molecule has 19 heavy (non-hydrogen) atoms. The Balaban J connectivity index is 1.91. The molecule has 5 heteroatoms. The fourth-order valence-corrected chi connectivity index (χ4v) is 1.97. The second-order valence-electron chi connectivity index (χ2n) is 5.01. The summed E-state index contributed by atoms with van der Waals surface area (Å²) in [4.78, 5) is 4.21. The van der Waals surface area contributed by atoms with Gasteiger partial charge in [-0.25, -0.2) is 4.98 Å². The van der Waals surface area contributed by atoms with Gasteiger partial charge in [0.25, 0.3) is 5.88 Å². The number of hydrogen-bond acceptors (Lipinski definition) is 5. The van der Waals surface area contributed by atoms with E-state index in [0.717, 1.165) is 13.1 Å². The number of aromatic nitrogens is 1. The number of morpholine rings is 1. The second-order valence-corrected chi connectivity index (χ2v) is 5.01. The summed E-state index contributed by atoms with van der Waals surface area (Å²) < 4.78 is 17.2. The zero-order valence-corrected chi connectivity index (χ0v) is 11.8. The van der Waals surface area contributed by atoms with E-state index < -0.39 is 0 Å². The van der Waals surface area contributed by atoms with Crippen LogP contribution in [0.1, 0.15) is 20.8 Å². The van der Waals surface area contributed by atoms with Crippen molar-refractivity contribution < 1.29 is 14.2 Å². The van der Waals surface area contributed by atoms with Gasteiger partial charge in [-0.05, 0) is 32.9 Å². The van der Waals surface area contributed by atoms with Gasteiger partial charge < -0.3 is 19.5 Å². The van der Waals surface area contributed by atoms with Gasteiger partial charge in [-0.15, -0.1) is 0 Å². The number of rotatable bonds is 5. The highest BCUT2D eigenvalue weighted by atomic mass is 16.6. The highest BCUT2D eigenvalue weighted by Gasteiger charge is 2.20. The molecule has 0 saturated carbocycles. The monoisotopic (exact) mass is 266 g/mol. The molecule has 1 aliphatic heterocycles. The van der Waals surface area contributed by atoms with E-state index in [0.29, 0.717) is 18.2 Å². The third-order valence-electron chi connectivity index (χ3n) is 2.73. The van der Waals surface area contributed by atoms with Crippen LogP contribution < -0.4 is 14.8 Å². The Labute approximate surface area is 114 Å². The van der Waals surface area contributed by atoms with Gasteiger partial charge in [-0.1, -0.05) is 0 Å². The van der Waals surface area contributed by atoms with Crippen molar-refractivity contribution in [3.8, 4) is 11.6 Å². The molecular formula is C14H22N2O3. The van der Waals surface area contributed by atoms with Crippen LogP contribution in [0.4, 0.5) is 0 Å². The molecule has 0 bridgehead atoms. The first-order valence-electron chi connectivity index (χ1n) is 6.76. The van der Waals surface area contributed by atoms with Gasteiger partial charge in [0.15, 0.2) is 5.75 Å². The molecule has 2 unspecified atom stereocenters. The largest absolute Gasteiger partial charge is 0.485 e. The molecule has 1 aromatic rings. The maximum Gasteiger partial charge on any atom is 0.257 e. The average molecular weight is 266 g/mol. The fraction of sp³-hybridized carbons (Fsp3) is 0.643. The summed E-state index contributed by atoms with van der Waals surface area (Å²) in [6, 6.07) is 3.70. The highest BCUT2D eigenvalue weighted by molar-refractivity contribution is 5.32. The lowest BCUT2D eigenvalue weighted by atomic mass is 10.2. The minimum Gasteiger partial charge on any atom is -0.485 e. The van der Waals surface area contributed by atoms with Gasteiger partial charge in [0.1, 0.15) is 12.7 Å². The van der Waals surface area contributed by atoms with Gasteiger partial charge in [0, 0.05) is 19.3 Å². The number of nitrogens with zero attached hydrogens (tertiary/aromatic N) is 1. The number of hydrogen-bond donors (Lipinski definition) is 1. The minimum atomic E-state index is 0.0534. The molecule has 0 spiro atoms. The molecule has 1 saturated heterocycles. The SMILES string of the molecule is CC(C)Oc1cccnc1OCC1CNCC(C)O1. The lowest BCUT2D eigenvalue weighted by Crippen LogP contribution is -2.45.